The van der Waals surface area contributed by atoms with Crippen molar-refractivity contribution in [1.82, 2.24) is 9.80 Å². The summed E-state index contributed by atoms with van der Waals surface area (Å²) in [5.41, 5.74) is 3.17. The Morgan fingerprint density at radius 2 is 1.97 bits per heavy atom. The molecule has 2 aromatic carbocycles. The van der Waals surface area contributed by atoms with Crippen molar-refractivity contribution in [3.63, 3.8) is 0 Å². The van der Waals surface area contributed by atoms with Crippen molar-refractivity contribution in [3.05, 3.63) is 80.7 Å². The molecule has 1 N–H and O–H groups in total. The van der Waals surface area contributed by atoms with E-state index >= 15 is 0 Å². The van der Waals surface area contributed by atoms with Crippen molar-refractivity contribution in [2.45, 2.75) is 20.4 Å². The van der Waals surface area contributed by atoms with Gasteiger partial charge in [-0.15, -0.1) is 0 Å². The largest absolute Gasteiger partial charge is 0.461 e. The van der Waals surface area contributed by atoms with Crippen molar-refractivity contribution in [3.8, 4) is 6.07 Å². The van der Waals surface area contributed by atoms with E-state index in [-0.39, 0.29) is 12.5 Å². The molecular weight excluding hydrogens is 494 g/mol. The van der Waals surface area contributed by atoms with Gasteiger partial charge in [-0.3, -0.25) is 9.69 Å². The number of carbonyl (C=O) groups is 2. The highest BCUT2D eigenvalue weighted by Crippen LogP contribution is 2.44. The molecule has 2 heterocycles. The van der Waals surface area contributed by atoms with Gasteiger partial charge in [-0.05, 0) is 49.4 Å². The van der Waals surface area contributed by atoms with E-state index in [4.69, 9.17) is 9.73 Å². The fourth-order valence-electron chi connectivity index (χ4n) is 3.63. The van der Waals surface area contributed by atoms with Gasteiger partial charge in [-0.1, -0.05) is 42.1 Å². The second-order valence-electron chi connectivity index (χ2n) is 7.78. The summed E-state index contributed by atoms with van der Waals surface area (Å²) < 4.78 is 5.15. The molecule has 0 aromatic heterocycles. The van der Waals surface area contributed by atoms with Gasteiger partial charge in [0.1, 0.15) is 10.6 Å². The highest BCUT2D eigenvalue weighted by molar-refractivity contribution is 8.19. The van der Waals surface area contributed by atoms with Crippen LogP contribution in [0.5, 0.6) is 0 Å². The lowest BCUT2D eigenvalue weighted by molar-refractivity contribution is -0.139. The number of carbonyl (C=O) groups excluding carboxylic acids is 2. The van der Waals surface area contributed by atoms with Gasteiger partial charge in [0.05, 0.1) is 41.2 Å². The van der Waals surface area contributed by atoms with Crippen molar-refractivity contribution in [2.75, 3.05) is 25.5 Å². The van der Waals surface area contributed by atoms with Gasteiger partial charge in [0.25, 0.3) is 5.91 Å². The average Bonchev–Trinajstić information content (AvgIpc) is 3.40. The monoisotopic (exact) mass is 519 g/mol. The summed E-state index contributed by atoms with van der Waals surface area (Å²) >= 11 is 2.57. The lowest BCUT2D eigenvalue weighted by Gasteiger charge is -2.18. The molecule has 2 aliphatic heterocycles. The van der Waals surface area contributed by atoms with Gasteiger partial charge >= 0.3 is 5.97 Å². The first-order valence-electron chi connectivity index (χ1n) is 11.4. The third-order valence-corrected chi connectivity index (χ3v) is 7.62. The molecule has 184 valence electrons. The van der Waals surface area contributed by atoms with E-state index in [0.29, 0.717) is 45.1 Å². The van der Waals surface area contributed by atoms with Crippen LogP contribution >= 0.6 is 23.5 Å². The van der Waals surface area contributed by atoms with Crippen LogP contribution in [0.2, 0.25) is 0 Å². The number of rotatable bonds is 7. The smallest absolute Gasteiger partial charge is 0.355 e. The van der Waals surface area contributed by atoms with Gasteiger partial charge in [-0.25, -0.2) is 9.79 Å². The summed E-state index contributed by atoms with van der Waals surface area (Å²) in [6, 6.07) is 17.1. The molecule has 2 aromatic rings. The van der Waals surface area contributed by atoms with Crippen LogP contribution in [0.25, 0.3) is 0 Å². The Labute approximate surface area is 218 Å². The molecule has 2 aliphatic rings. The number of nitriles is 1. The second-order valence-corrected chi connectivity index (χ2v) is 9.62. The van der Waals surface area contributed by atoms with E-state index in [1.807, 2.05) is 43.3 Å². The number of esters is 1. The number of nitrogens with zero attached hydrogens (tertiary/aromatic N) is 4. The molecule has 1 fully saturated rings. The Hall–Kier alpha value is -3.68. The number of hydrogen-bond acceptors (Lipinski definition) is 9. The van der Waals surface area contributed by atoms with Crippen molar-refractivity contribution >= 4 is 51.9 Å². The van der Waals surface area contributed by atoms with Gasteiger partial charge in [0, 0.05) is 19.0 Å². The molecule has 8 nitrogen and oxygen atoms in total. The average molecular weight is 520 g/mol. The number of hydrogen-bond donors (Lipinski definition) is 1. The molecule has 0 bridgehead atoms. The Balaban J connectivity index is 1.76. The number of aliphatic imine (C=N–C) groups is 1. The zero-order valence-corrected chi connectivity index (χ0v) is 21.8. The summed E-state index contributed by atoms with van der Waals surface area (Å²) in [6.07, 6.45) is 0. The quantitative estimate of drug-likeness (QED) is 0.403. The predicted molar refractivity (Wildman–Crippen MR) is 144 cm³/mol. The predicted octanol–water partition coefficient (Wildman–Crippen LogP) is 5.01. The molecular formula is C26H25N5O3S2. The minimum absolute atomic E-state index is 0.197. The van der Waals surface area contributed by atoms with E-state index in [0.717, 1.165) is 11.3 Å². The number of thioether (sulfide) groups is 2. The lowest BCUT2D eigenvalue weighted by Crippen LogP contribution is -2.29. The maximum atomic E-state index is 13.7. The molecule has 0 radical (unpaired) electrons. The first kappa shape index (κ1) is 25.4. The fraction of sp³-hybridized carbons (Fsp3) is 0.231. The third kappa shape index (κ3) is 5.27. The summed E-state index contributed by atoms with van der Waals surface area (Å²) in [6.45, 7) is 5.02. The van der Waals surface area contributed by atoms with Gasteiger partial charge in [-0.2, -0.15) is 5.26 Å². The van der Waals surface area contributed by atoms with Crippen LogP contribution < -0.4 is 5.32 Å². The van der Waals surface area contributed by atoms with Crippen molar-refractivity contribution in [2.24, 2.45) is 4.99 Å². The molecule has 1 amide bonds. The molecule has 0 atom stereocenters. The number of ether oxygens (including phenoxy) is 1. The maximum Gasteiger partial charge on any atom is 0.355 e. The minimum atomic E-state index is -0.433. The highest BCUT2D eigenvalue weighted by Gasteiger charge is 2.39. The SMILES string of the molecule is CCNc1ccc(C#N)cc1N=C1S/C(=C2\SC=C(C(=O)OCC)N2C)C(=O)N1Cc1ccccc1. The molecule has 0 spiro atoms. The second kappa shape index (κ2) is 11.4. The lowest BCUT2D eigenvalue weighted by atomic mass is 10.2. The maximum absolute atomic E-state index is 13.7. The molecule has 0 aliphatic carbocycles. The number of amidine groups is 1. The first-order chi connectivity index (χ1) is 17.5. The zero-order valence-electron chi connectivity index (χ0n) is 20.1. The first-order valence-corrected chi connectivity index (χ1v) is 13.1. The normalized spacial score (nSPS) is 18.4. The molecule has 0 unspecified atom stereocenters. The van der Waals surface area contributed by atoms with Crippen molar-refractivity contribution < 1.29 is 14.3 Å². The number of amides is 1. The number of anilines is 1. The summed E-state index contributed by atoms with van der Waals surface area (Å²) in [5.74, 6) is -0.630. The molecule has 10 heteroatoms. The Morgan fingerprint density at radius 1 is 1.19 bits per heavy atom. The summed E-state index contributed by atoms with van der Waals surface area (Å²) in [7, 11) is 1.75. The number of nitrogens with one attached hydrogen (secondary N) is 1. The van der Waals surface area contributed by atoms with E-state index in [9.17, 15) is 14.9 Å². The van der Waals surface area contributed by atoms with Crippen LogP contribution in [0.3, 0.4) is 0 Å². The Kier molecular flexibility index (Phi) is 8.03. The summed E-state index contributed by atoms with van der Waals surface area (Å²) in [4.78, 5) is 34.7. The van der Waals surface area contributed by atoms with Crippen LogP contribution in [-0.2, 0) is 20.9 Å². The van der Waals surface area contributed by atoms with Gasteiger partial charge < -0.3 is 15.0 Å². The van der Waals surface area contributed by atoms with Gasteiger partial charge in [0.2, 0.25) is 0 Å². The topological polar surface area (TPSA) is 98.0 Å². The van der Waals surface area contributed by atoms with Crippen molar-refractivity contribution in [1.29, 1.82) is 5.26 Å². The van der Waals surface area contributed by atoms with Crippen LogP contribution in [0, 0.1) is 11.3 Å². The molecule has 36 heavy (non-hydrogen) atoms. The highest BCUT2D eigenvalue weighted by atomic mass is 32.2. The minimum Gasteiger partial charge on any atom is -0.461 e. The number of benzene rings is 2. The standard InChI is InChI=1S/C26H25N5O3S2/c1-4-28-19-12-11-18(14-27)13-20(19)29-26-31(15-17-9-7-6-8-10-17)23(32)22(36-26)24-30(3)21(16-35-24)25(33)34-5-2/h6-13,16,28H,4-5,15H2,1-3H3/b24-22-,29-26?. The van der Waals surface area contributed by atoms with Crippen LogP contribution in [0.4, 0.5) is 11.4 Å². The van der Waals surface area contributed by atoms with E-state index in [1.54, 1.807) is 41.3 Å². The Bertz CT molecular complexity index is 1310. The van der Waals surface area contributed by atoms with E-state index in [2.05, 4.69) is 11.4 Å². The summed E-state index contributed by atoms with van der Waals surface area (Å²) in [5, 5.41) is 15.5. The molecule has 4 rings (SSSR count). The Morgan fingerprint density at radius 3 is 2.67 bits per heavy atom. The van der Waals surface area contributed by atoms with E-state index < -0.39 is 5.97 Å². The van der Waals surface area contributed by atoms with Crippen LogP contribution in [0.1, 0.15) is 25.0 Å². The number of likely N-dealkylation sites (N-methyl/N-ethyl adjacent to an activating group) is 1. The van der Waals surface area contributed by atoms with E-state index in [1.165, 1.54) is 23.5 Å². The van der Waals surface area contributed by atoms with Crippen LogP contribution in [0.15, 0.2) is 74.6 Å². The van der Waals surface area contributed by atoms with Gasteiger partial charge in [0.15, 0.2) is 5.17 Å². The molecule has 0 saturated carbocycles. The van der Waals surface area contributed by atoms with Crippen LogP contribution in [-0.4, -0.2) is 47.0 Å². The molecule has 1 saturated heterocycles. The zero-order chi connectivity index (χ0) is 25.7. The fourth-order valence-corrected chi connectivity index (χ4v) is 5.84. The third-order valence-electron chi connectivity index (χ3n) is 5.38.